The molecule has 9 heteroatoms. The second kappa shape index (κ2) is 22.5. The van der Waals surface area contributed by atoms with Gasteiger partial charge in [0.2, 0.25) is 0 Å². The van der Waals surface area contributed by atoms with Crippen LogP contribution in [0.25, 0.3) is 0 Å². The summed E-state index contributed by atoms with van der Waals surface area (Å²) in [5, 5.41) is 18.3. The van der Waals surface area contributed by atoms with E-state index in [1.807, 2.05) is 0 Å². The number of nitrogens with two attached hydrogens (primary N) is 2. The number of aliphatic carboxylic acids is 2. The van der Waals surface area contributed by atoms with Crippen LogP contribution in [-0.2, 0) is 29.1 Å². The first-order valence-electron chi connectivity index (χ1n) is 2.34. The largest absolute Gasteiger partial charge is 2.00 e. The van der Waals surface area contributed by atoms with Crippen LogP contribution in [0.5, 0.6) is 0 Å². The monoisotopic (exact) mass is 248 g/mol. The molecule has 0 saturated heterocycles. The second-order valence-corrected chi connectivity index (χ2v) is 1.15. The molecule has 0 radical (unpaired) electrons. The fourth-order valence-corrected chi connectivity index (χ4v) is 0. The third kappa shape index (κ3) is 87.1. The molecule has 0 rings (SSSR count). The molecule has 76 valence electrons. The maximum Gasteiger partial charge on any atom is 2.00 e. The van der Waals surface area contributed by atoms with Crippen LogP contribution in [0.3, 0.4) is 0 Å². The summed E-state index contributed by atoms with van der Waals surface area (Å²) < 4.78 is 0. The predicted octanol–water partition coefficient (Wildman–Crippen LogP) is -6.26. The Kier molecular flexibility index (Phi) is 51.0. The first-order valence-corrected chi connectivity index (χ1v) is 2.34. The van der Waals surface area contributed by atoms with Crippen LogP contribution < -0.4 is 21.7 Å². The smallest absolute Gasteiger partial charge is 0.549 e. The van der Waals surface area contributed by atoms with Crippen LogP contribution in [0.15, 0.2) is 0 Å². The van der Waals surface area contributed by atoms with E-state index in [0.717, 1.165) is 0 Å². The minimum absolute atomic E-state index is 0. The van der Waals surface area contributed by atoms with E-state index >= 15 is 0 Å². The zero-order valence-electron chi connectivity index (χ0n) is 6.91. The van der Waals surface area contributed by atoms with Crippen LogP contribution >= 0.6 is 0 Å². The predicted molar refractivity (Wildman–Crippen MR) is 35.4 cm³/mol. The van der Waals surface area contributed by atoms with Crippen LogP contribution in [0.1, 0.15) is 0 Å². The molecule has 0 spiro atoms. The fourth-order valence-electron chi connectivity index (χ4n) is 0. The molecule has 0 aliphatic carbocycles. The molecule has 8 nitrogen and oxygen atoms in total. The number of hydrogen-bond donors (Lipinski definition) is 2. The summed E-state index contributed by atoms with van der Waals surface area (Å²) in [7, 11) is 0. The van der Waals surface area contributed by atoms with Crippen LogP contribution in [0.4, 0.5) is 0 Å². The number of carbonyl (C=O) groups excluding carboxylic acids is 2. The molecule has 0 saturated carbocycles. The van der Waals surface area contributed by atoms with E-state index < -0.39 is 11.9 Å². The van der Waals surface area contributed by atoms with Gasteiger partial charge in [0.15, 0.2) is 0 Å². The van der Waals surface area contributed by atoms with Gasteiger partial charge in [-0.2, -0.15) is 0 Å². The van der Waals surface area contributed by atoms with Gasteiger partial charge in [0.25, 0.3) is 0 Å². The molecular weight excluding hydrogens is 237 g/mol. The third-order valence-electron chi connectivity index (χ3n) is 0.333. The average molecular weight is 250 g/mol. The Balaban J connectivity index is -0.0000000267. The van der Waals surface area contributed by atoms with Crippen molar-refractivity contribution >= 4 is 11.9 Å². The van der Waals surface area contributed by atoms with Gasteiger partial charge in [-0.05, 0) is 0 Å². The molecule has 0 aromatic carbocycles. The molecule has 0 unspecified atom stereocenters. The fraction of sp³-hybridized carbons (Fsp3) is 0.500. The standard InChI is InChI=1S/2C2H5NO2.2H2O.Zn/c2*3-1-2(4)5;;;/h2*1,3H2,(H,4,5);2*1H2;/q;;;;+2/p-2. The molecule has 0 heterocycles. The summed E-state index contributed by atoms with van der Waals surface area (Å²) >= 11 is 0. The maximum absolute atomic E-state index is 9.13. The Morgan fingerprint density at radius 2 is 1.00 bits per heavy atom. The van der Waals surface area contributed by atoms with Crippen molar-refractivity contribution in [3.05, 3.63) is 0 Å². The van der Waals surface area contributed by atoms with Gasteiger partial charge >= 0.3 is 19.5 Å². The Morgan fingerprint density at radius 3 is 1.00 bits per heavy atom. The minimum atomic E-state index is -1.22. The minimum Gasteiger partial charge on any atom is -0.549 e. The van der Waals surface area contributed by atoms with Crippen molar-refractivity contribution in [2.45, 2.75) is 0 Å². The van der Waals surface area contributed by atoms with Crippen LogP contribution in [-0.4, -0.2) is 36.0 Å². The third-order valence-corrected chi connectivity index (χ3v) is 0.333. The summed E-state index contributed by atoms with van der Waals surface area (Å²) in [5.41, 5.74) is 9.02. The zero-order valence-corrected chi connectivity index (χ0v) is 9.88. The van der Waals surface area contributed by atoms with Crippen molar-refractivity contribution in [3.8, 4) is 0 Å². The normalized spacial score (nSPS) is 5.69. The molecular formula is C4H12N2O6Zn. The van der Waals surface area contributed by atoms with Crippen molar-refractivity contribution in [2.75, 3.05) is 13.1 Å². The van der Waals surface area contributed by atoms with Gasteiger partial charge < -0.3 is 42.2 Å². The quantitative estimate of drug-likeness (QED) is 0.456. The number of carboxylic acid groups (broad SMARTS) is 2. The Bertz CT molecular complexity index is 107. The van der Waals surface area contributed by atoms with E-state index in [9.17, 15) is 0 Å². The molecule has 0 amide bonds. The maximum atomic E-state index is 9.13. The molecule has 0 fully saturated rings. The van der Waals surface area contributed by atoms with Crippen LogP contribution in [0.2, 0.25) is 0 Å². The number of hydrogen-bond acceptors (Lipinski definition) is 6. The summed E-state index contributed by atoms with van der Waals surface area (Å²) in [6.45, 7) is -0.778. The van der Waals surface area contributed by atoms with Gasteiger partial charge in [-0.25, -0.2) is 0 Å². The Morgan fingerprint density at radius 1 is 0.923 bits per heavy atom. The summed E-state index contributed by atoms with van der Waals surface area (Å²) in [6.07, 6.45) is 0. The summed E-state index contributed by atoms with van der Waals surface area (Å²) in [4.78, 5) is 18.3. The second-order valence-electron chi connectivity index (χ2n) is 1.15. The molecule has 13 heavy (non-hydrogen) atoms. The van der Waals surface area contributed by atoms with E-state index in [2.05, 4.69) is 11.5 Å². The van der Waals surface area contributed by atoms with Crippen molar-refractivity contribution in [1.29, 1.82) is 0 Å². The molecule has 0 bridgehead atoms. The molecule has 8 N–H and O–H groups in total. The van der Waals surface area contributed by atoms with Crippen molar-refractivity contribution < 1.29 is 50.2 Å². The van der Waals surface area contributed by atoms with Crippen LogP contribution in [0, 0.1) is 0 Å². The van der Waals surface area contributed by atoms with Gasteiger partial charge in [-0.3, -0.25) is 0 Å². The van der Waals surface area contributed by atoms with Gasteiger partial charge in [-0.15, -0.1) is 0 Å². The van der Waals surface area contributed by atoms with Gasteiger partial charge in [0, 0.05) is 13.1 Å². The van der Waals surface area contributed by atoms with Crippen molar-refractivity contribution in [3.63, 3.8) is 0 Å². The Hall–Kier alpha value is -0.597. The van der Waals surface area contributed by atoms with E-state index in [1.165, 1.54) is 0 Å². The van der Waals surface area contributed by atoms with E-state index in [0.29, 0.717) is 0 Å². The first kappa shape index (κ1) is 29.4. The van der Waals surface area contributed by atoms with Crippen molar-refractivity contribution in [1.82, 2.24) is 0 Å². The molecule has 0 aliphatic heterocycles. The number of carbonyl (C=O) groups is 2. The molecule has 0 aromatic rings. The number of carboxylic acids is 2. The molecule has 0 aromatic heterocycles. The SMILES string of the molecule is NCC(=O)[O-].NCC(=O)[O-].O.O.[Zn+2]. The molecule has 0 atom stereocenters. The van der Waals surface area contributed by atoms with Crippen molar-refractivity contribution in [2.24, 2.45) is 11.5 Å². The van der Waals surface area contributed by atoms with Gasteiger partial charge in [0.05, 0.1) is 11.9 Å². The van der Waals surface area contributed by atoms with Gasteiger partial charge in [0.1, 0.15) is 0 Å². The first-order chi connectivity index (χ1) is 4.54. The van der Waals surface area contributed by atoms with E-state index in [-0.39, 0.29) is 43.5 Å². The average Bonchev–Trinajstić information content (AvgIpc) is 1.89. The Labute approximate surface area is 87.3 Å². The molecule has 0 aliphatic rings. The van der Waals surface area contributed by atoms with E-state index in [1.54, 1.807) is 0 Å². The zero-order chi connectivity index (χ0) is 8.57. The number of rotatable bonds is 2. The van der Waals surface area contributed by atoms with Gasteiger partial charge in [-0.1, -0.05) is 0 Å². The summed E-state index contributed by atoms with van der Waals surface area (Å²) in [5.74, 6) is -2.44. The topological polar surface area (TPSA) is 195 Å². The summed E-state index contributed by atoms with van der Waals surface area (Å²) in [6, 6.07) is 0. The van der Waals surface area contributed by atoms with E-state index in [4.69, 9.17) is 19.8 Å².